The molecule has 4 N–H and O–H groups in total. The van der Waals surface area contributed by atoms with Crippen LogP contribution in [0.5, 0.6) is 0 Å². The normalized spacial score (nSPS) is 11.2. The van der Waals surface area contributed by atoms with Crippen molar-refractivity contribution in [3.05, 3.63) is 22.8 Å². The molecule has 0 aliphatic carbocycles. The maximum Gasteiger partial charge on any atom is 0.251 e. The van der Waals surface area contributed by atoms with E-state index in [9.17, 15) is 13.2 Å². The number of rotatable bonds is 8. The van der Waals surface area contributed by atoms with Gasteiger partial charge in [-0.25, -0.2) is 18.5 Å². The van der Waals surface area contributed by atoms with E-state index < -0.39 is 10.0 Å². The van der Waals surface area contributed by atoms with E-state index in [1.807, 2.05) is 6.92 Å². The fraction of sp³-hybridized carbons (Fsp3) is 0.500. The number of amides is 1. The maximum absolute atomic E-state index is 11.9. The van der Waals surface area contributed by atoms with Crippen LogP contribution in [0.1, 0.15) is 30.1 Å². The second kappa shape index (κ2) is 8.16. The Bertz CT molecular complexity index is 592. The van der Waals surface area contributed by atoms with E-state index >= 15 is 0 Å². The average Bonchev–Trinajstić information content (AvgIpc) is 2.39. The fourth-order valence-corrected chi connectivity index (χ4v) is 2.30. The SMILES string of the molecule is CCCNc1cc(C(=O)NCCCS(N)(=O)=O)cc(Cl)n1. The van der Waals surface area contributed by atoms with Crippen LogP contribution in [-0.4, -0.2) is 38.2 Å². The number of hydrogen-bond donors (Lipinski definition) is 3. The lowest BCUT2D eigenvalue weighted by Gasteiger charge is -2.08. The Labute approximate surface area is 129 Å². The molecule has 0 saturated carbocycles. The molecule has 0 aliphatic heterocycles. The Morgan fingerprint density at radius 2 is 2.10 bits per heavy atom. The molecule has 21 heavy (non-hydrogen) atoms. The molecule has 9 heteroatoms. The van der Waals surface area contributed by atoms with Gasteiger partial charge in [-0.15, -0.1) is 0 Å². The summed E-state index contributed by atoms with van der Waals surface area (Å²) in [5.41, 5.74) is 0.365. The number of carbonyl (C=O) groups is 1. The molecule has 118 valence electrons. The molecule has 1 heterocycles. The lowest BCUT2D eigenvalue weighted by molar-refractivity contribution is 0.0953. The maximum atomic E-state index is 11.9. The summed E-state index contributed by atoms with van der Waals surface area (Å²) < 4.78 is 21.5. The molecule has 0 saturated heterocycles. The number of sulfonamides is 1. The molecule has 0 unspecified atom stereocenters. The third-order valence-corrected chi connectivity index (χ3v) is 3.55. The number of aromatic nitrogens is 1. The first-order valence-electron chi connectivity index (χ1n) is 6.52. The molecule has 7 nitrogen and oxygen atoms in total. The van der Waals surface area contributed by atoms with Gasteiger partial charge in [-0.2, -0.15) is 0 Å². The van der Waals surface area contributed by atoms with Crippen molar-refractivity contribution < 1.29 is 13.2 Å². The van der Waals surface area contributed by atoms with Crippen molar-refractivity contribution >= 4 is 33.3 Å². The summed E-state index contributed by atoms with van der Waals surface area (Å²) in [6.45, 7) is 2.95. The van der Waals surface area contributed by atoms with Crippen molar-refractivity contribution in [2.24, 2.45) is 5.14 Å². The smallest absolute Gasteiger partial charge is 0.251 e. The highest BCUT2D eigenvalue weighted by Gasteiger charge is 2.09. The van der Waals surface area contributed by atoms with Gasteiger partial charge in [0.25, 0.3) is 5.91 Å². The Hall–Kier alpha value is -1.38. The molecule has 0 atom stereocenters. The first-order valence-corrected chi connectivity index (χ1v) is 8.61. The predicted octanol–water partition coefficient (Wildman–Crippen LogP) is 0.965. The van der Waals surface area contributed by atoms with E-state index in [1.165, 1.54) is 6.07 Å². The second-order valence-corrected chi connectivity index (χ2v) is 6.59. The Morgan fingerprint density at radius 1 is 1.38 bits per heavy atom. The number of primary sulfonamides is 1. The number of carbonyl (C=O) groups excluding carboxylic acids is 1. The Kier molecular flexibility index (Phi) is 6.86. The highest BCUT2D eigenvalue weighted by molar-refractivity contribution is 7.89. The third-order valence-electron chi connectivity index (χ3n) is 2.50. The van der Waals surface area contributed by atoms with Crippen molar-refractivity contribution in [2.75, 3.05) is 24.2 Å². The molecular formula is C12H19ClN4O3S. The quantitative estimate of drug-likeness (QED) is 0.484. The number of nitrogens with two attached hydrogens (primary N) is 1. The minimum absolute atomic E-state index is 0.173. The molecule has 0 bridgehead atoms. The van der Waals surface area contributed by atoms with Crippen LogP contribution in [0.4, 0.5) is 5.82 Å². The van der Waals surface area contributed by atoms with Gasteiger partial charge in [0.15, 0.2) is 0 Å². The molecule has 1 amide bonds. The zero-order chi connectivity index (χ0) is 15.9. The molecule has 1 aromatic rings. The van der Waals surface area contributed by atoms with Crippen LogP contribution in [0.3, 0.4) is 0 Å². The van der Waals surface area contributed by atoms with Gasteiger partial charge in [-0.1, -0.05) is 18.5 Å². The fourth-order valence-electron chi connectivity index (χ4n) is 1.55. The van der Waals surface area contributed by atoms with Crippen LogP contribution < -0.4 is 15.8 Å². The van der Waals surface area contributed by atoms with Gasteiger partial charge in [-0.05, 0) is 25.0 Å². The number of nitrogens with zero attached hydrogens (tertiary/aromatic N) is 1. The van der Waals surface area contributed by atoms with E-state index in [0.29, 0.717) is 11.4 Å². The predicted molar refractivity (Wildman–Crippen MR) is 83.0 cm³/mol. The Balaban J connectivity index is 2.59. The van der Waals surface area contributed by atoms with Gasteiger partial charge in [-0.3, -0.25) is 4.79 Å². The average molecular weight is 335 g/mol. The van der Waals surface area contributed by atoms with Crippen LogP contribution in [0, 0.1) is 0 Å². The molecule has 1 aromatic heterocycles. The molecule has 0 radical (unpaired) electrons. The van der Waals surface area contributed by atoms with Crippen molar-refractivity contribution in [1.29, 1.82) is 0 Å². The zero-order valence-corrected chi connectivity index (χ0v) is 13.3. The molecule has 0 aromatic carbocycles. The number of hydrogen-bond acceptors (Lipinski definition) is 5. The van der Waals surface area contributed by atoms with Crippen molar-refractivity contribution in [1.82, 2.24) is 10.3 Å². The van der Waals surface area contributed by atoms with Gasteiger partial charge < -0.3 is 10.6 Å². The summed E-state index contributed by atoms with van der Waals surface area (Å²) in [7, 11) is -3.50. The molecular weight excluding hydrogens is 316 g/mol. The number of nitrogens with one attached hydrogen (secondary N) is 2. The van der Waals surface area contributed by atoms with Crippen LogP contribution >= 0.6 is 11.6 Å². The van der Waals surface area contributed by atoms with Crippen molar-refractivity contribution in [3.63, 3.8) is 0 Å². The van der Waals surface area contributed by atoms with Gasteiger partial charge in [0, 0.05) is 18.7 Å². The zero-order valence-electron chi connectivity index (χ0n) is 11.7. The van der Waals surface area contributed by atoms with Crippen LogP contribution in [0.25, 0.3) is 0 Å². The molecule has 1 rings (SSSR count). The van der Waals surface area contributed by atoms with Crippen LogP contribution in [0.15, 0.2) is 12.1 Å². The second-order valence-electron chi connectivity index (χ2n) is 4.47. The van der Waals surface area contributed by atoms with Crippen molar-refractivity contribution in [3.8, 4) is 0 Å². The number of pyridine rings is 1. The van der Waals surface area contributed by atoms with Crippen LogP contribution in [-0.2, 0) is 10.0 Å². The van der Waals surface area contributed by atoms with Gasteiger partial charge in [0.05, 0.1) is 5.75 Å². The molecule has 0 aliphatic rings. The monoisotopic (exact) mass is 334 g/mol. The highest BCUT2D eigenvalue weighted by Crippen LogP contribution is 2.14. The Morgan fingerprint density at radius 3 is 2.71 bits per heavy atom. The summed E-state index contributed by atoms with van der Waals surface area (Å²) in [5, 5.41) is 10.7. The lowest BCUT2D eigenvalue weighted by Crippen LogP contribution is -2.27. The molecule has 0 fully saturated rings. The minimum atomic E-state index is -3.50. The van der Waals surface area contributed by atoms with Crippen LogP contribution in [0.2, 0.25) is 5.15 Å². The van der Waals surface area contributed by atoms with Crippen molar-refractivity contribution in [2.45, 2.75) is 19.8 Å². The van der Waals surface area contributed by atoms with Gasteiger partial charge in [0.1, 0.15) is 11.0 Å². The highest BCUT2D eigenvalue weighted by atomic mass is 35.5. The summed E-state index contributed by atoms with van der Waals surface area (Å²) in [6.07, 6.45) is 1.17. The van der Waals surface area contributed by atoms with Gasteiger partial charge >= 0.3 is 0 Å². The summed E-state index contributed by atoms with van der Waals surface area (Å²) in [5.74, 6) is 0.0144. The number of anilines is 1. The first kappa shape index (κ1) is 17.7. The van der Waals surface area contributed by atoms with E-state index in [-0.39, 0.29) is 29.8 Å². The van der Waals surface area contributed by atoms with E-state index in [1.54, 1.807) is 6.07 Å². The largest absolute Gasteiger partial charge is 0.370 e. The van der Waals surface area contributed by atoms with Gasteiger partial charge in [0.2, 0.25) is 10.0 Å². The molecule has 0 spiro atoms. The minimum Gasteiger partial charge on any atom is -0.370 e. The summed E-state index contributed by atoms with van der Waals surface area (Å²) in [6, 6.07) is 3.05. The summed E-state index contributed by atoms with van der Waals surface area (Å²) >= 11 is 5.87. The lowest BCUT2D eigenvalue weighted by atomic mass is 10.2. The number of halogens is 1. The third kappa shape index (κ3) is 7.26. The van der Waals surface area contributed by atoms with E-state index in [0.717, 1.165) is 13.0 Å². The van der Waals surface area contributed by atoms with E-state index in [4.69, 9.17) is 16.7 Å². The first-order chi connectivity index (χ1) is 9.81. The standard InChI is InChI=1S/C12H19ClN4O3S/c1-2-4-15-11-8-9(7-10(13)17-11)12(18)16-5-3-6-21(14,19)20/h7-8H,2-6H2,1H3,(H,15,17)(H,16,18)(H2,14,19,20). The summed E-state index contributed by atoms with van der Waals surface area (Å²) in [4.78, 5) is 16.0. The van der Waals surface area contributed by atoms with E-state index in [2.05, 4.69) is 15.6 Å². The topological polar surface area (TPSA) is 114 Å².